The van der Waals surface area contributed by atoms with Crippen molar-refractivity contribution < 1.29 is 58.4 Å². The van der Waals surface area contributed by atoms with Crippen LogP contribution >= 0.6 is 68.0 Å². The normalized spacial score (nSPS) is 18.4. The summed E-state index contributed by atoms with van der Waals surface area (Å²) in [5.74, 6) is -6.27. The maximum absolute atomic E-state index is 14.4. The second-order valence-electron chi connectivity index (χ2n) is 21.8. The molecule has 24 nitrogen and oxygen atoms in total. The molecule has 470 valence electrons. The van der Waals surface area contributed by atoms with Gasteiger partial charge in [-0.1, -0.05) is 50.6 Å². The van der Waals surface area contributed by atoms with Crippen LogP contribution in [0.2, 0.25) is 0 Å². The summed E-state index contributed by atoms with van der Waals surface area (Å²) < 4.78 is 5.47. The molecule has 10 bridgehead atoms. The molecule has 7 N–H and O–H groups in total. The van der Waals surface area contributed by atoms with Crippen LogP contribution in [0.3, 0.4) is 0 Å². The number of benzene rings is 1. The molecule has 4 atom stereocenters. The minimum absolute atomic E-state index is 0.0105. The van der Waals surface area contributed by atoms with Crippen LogP contribution in [0.15, 0.2) is 64.0 Å². The first-order valence-electron chi connectivity index (χ1n) is 28.7. The number of thiazole rings is 6. The van der Waals surface area contributed by atoms with Gasteiger partial charge in [-0.3, -0.25) is 43.3 Å². The van der Waals surface area contributed by atoms with Gasteiger partial charge in [-0.25, -0.2) is 34.9 Å². The third-order valence-corrected chi connectivity index (χ3v) is 21.0. The fraction of sp³-hybridized carbons (Fsp3) is 0.383. The second kappa shape index (κ2) is 28.9. The van der Waals surface area contributed by atoms with Crippen LogP contribution in [-0.4, -0.2) is 125 Å². The molecule has 1 aromatic carbocycles. The number of anilines is 1. The number of carboxylic acids is 2. The lowest BCUT2D eigenvalue weighted by Gasteiger charge is -2.34. The minimum atomic E-state index is -1.30. The summed E-state index contributed by atoms with van der Waals surface area (Å²) in [4.78, 5) is 144. The van der Waals surface area contributed by atoms with Gasteiger partial charge in [-0.15, -0.1) is 68.0 Å². The van der Waals surface area contributed by atoms with E-state index in [2.05, 4.69) is 21.3 Å². The Bertz CT molecular complexity index is 3980. The number of aromatic nitrogens is 7. The van der Waals surface area contributed by atoms with E-state index in [-0.39, 0.29) is 79.9 Å². The summed E-state index contributed by atoms with van der Waals surface area (Å²) in [7, 11) is 2.95. The molecule has 8 aromatic rings. The Morgan fingerprint density at radius 2 is 1.43 bits per heavy atom. The van der Waals surface area contributed by atoms with Crippen molar-refractivity contribution in [2.75, 3.05) is 32.1 Å². The monoisotopic (exact) mass is 1330 g/mol. The molecule has 0 saturated heterocycles. The maximum Gasteiger partial charge on any atom is 0.306 e. The average Bonchev–Trinajstić information content (AvgIpc) is 1.61. The van der Waals surface area contributed by atoms with Crippen molar-refractivity contribution in [3.63, 3.8) is 0 Å². The van der Waals surface area contributed by atoms with E-state index < -0.39 is 78.1 Å². The van der Waals surface area contributed by atoms with E-state index >= 15 is 0 Å². The lowest BCUT2D eigenvalue weighted by Crippen LogP contribution is -2.44. The Hall–Kier alpha value is -7.97. The van der Waals surface area contributed by atoms with Crippen LogP contribution in [0.1, 0.15) is 151 Å². The summed E-state index contributed by atoms with van der Waals surface area (Å²) in [5.41, 5.74) is 2.65. The molecule has 1 unspecified atom stereocenters. The Morgan fingerprint density at radius 1 is 0.722 bits per heavy atom. The summed E-state index contributed by atoms with van der Waals surface area (Å²) in [6.07, 6.45) is 0.214. The molecule has 1 fully saturated rings. The fourth-order valence-corrected chi connectivity index (χ4v) is 15.9. The number of nitrogens with zero attached hydrogens (tertiary/aromatic N) is 8. The van der Waals surface area contributed by atoms with Gasteiger partial charge in [0.25, 0.3) is 11.8 Å². The van der Waals surface area contributed by atoms with E-state index in [9.17, 15) is 53.7 Å². The molecule has 8 heterocycles. The summed E-state index contributed by atoms with van der Waals surface area (Å²) in [6, 6.07) is 10.1. The third-order valence-electron chi connectivity index (χ3n) is 15.2. The quantitative estimate of drug-likeness (QED) is 0.0417. The van der Waals surface area contributed by atoms with E-state index in [0.717, 1.165) is 11.3 Å². The average molecular weight is 1340 g/mol. The van der Waals surface area contributed by atoms with E-state index in [0.29, 0.717) is 98.8 Å². The molecule has 7 aromatic heterocycles. The number of aryl methyl sites for hydroxylation is 1. The zero-order valence-electron chi connectivity index (χ0n) is 49.2. The van der Waals surface area contributed by atoms with Crippen LogP contribution in [0.25, 0.3) is 43.4 Å². The number of carbonyl (C=O) groups is 8. The van der Waals surface area contributed by atoms with Gasteiger partial charge in [0.15, 0.2) is 5.78 Å². The predicted molar refractivity (Wildman–Crippen MR) is 341 cm³/mol. The number of aliphatic hydroxyl groups excluding tert-OH is 1. The van der Waals surface area contributed by atoms with Crippen LogP contribution < -0.4 is 26.2 Å². The predicted octanol–water partition coefficient (Wildman–Crippen LogP) is 9.29. The highest BCUT2D eigenvalue weighted by Crippen LogP contribution is 2.42. The van der Waals surface area contributed by atoms with Crippen LogP contribution in [0.5, 0.6) is 0 Å². The summed E-state index contributed by atoms with van der Waals surface area (Å²) in [5, 5.41) is 51.1. The second-order valence-corrected chi connectivity index (χ2v) is 27.6. The number of fused-ring (bicyclic) bond motifs is 14. The molecule has 30 heteroatoms. The first kappa shape index (κ1) is 65.0. The molecule has 90 heavy (non-hydrogen) atoms. The molecular weight excluding hydrogens is 1270 g/mol. The number of unbranched alkanes of at least 4 members (excludes halogenated alkanes) is 2. The number of aliphatic carboxylic acids is 2. The molecule has 1 saturated carbocycles. The highest BCUT2D eigenvalue weighted by Gasteiger charge is 2.42. The van der Waals surface area contributed by atoms with Crippen LogP contribution in [0.4, 0.5) is 5.82 Å². The maximum atomic E-state index is 14.4. The molecule has 10 rings (SSSR count). The van der Waals surface area contributed by atoms with Crippen molar-refractivity contribution in [2.24, 2.45) is 17.8 Å². The number of ether oxygens (including phenoxy) is 1. The van der Waals surface area contributed by atoms with Crippen molar-refractivity contribution in [3.8, 4) is 43.4 Å². The van der Waals surface area contributed by atoms with Crippen molar-refractivity contribution >= 4 is 121 Å². The van der Waals surface area contributed by atoms with Gasteiger partial charge >= 0.3 is 11.9 Å². The number of carbonyl (C=O) groups excluding carboxylic acids is 6. The number of hydrogen-bond acceptors (Lipinski definition) is 23. The third kappa shape index (κ3) is 14.9. The molecule has 0 spiro atoms. The van der Waals surface area contributed by atoms with E-state index in [1.807, 2.05) is 13.8 Å². The number of pyridine rings is 1. The highest BCUT2D eigenvalue weighted by atomic mass is 32.1. The van der Waals surface area contributed by atoms with Gasteiger partial charge < -0.3 is 41.3 Å². The zero-order chi connectivity index (χ0) is 63.9. The number of methoxy groups -OCH3 is 1. The highest BCUT2D eigenvalue weighted by molar-refractivity contribution is 7.15. The van der Waals surface area contributed by atoms with E-state index in [4.69, 9.17) is 39.6 Å². The van der Waals surface area contributed by atoms with Gasteiger partial charge in [0.2, 0.25) is 17.7 Å². The van der Waals surface area contributed by atoms with E-state index in [1.54, 1.807) is 70.9 Å². The number of carboxylic acid groups (broad SMARTS) is 2. The van der Waals surface area contributed by atoms with Crippen molar-refractivity contribution in [3.05, 3.63) is 111 Å². The van der Waals surface area contributed by atoms with Gasteiger partial charge in [-0.05, 0) is 56.2 Å². The topological polar surface area (TPSA) is 348 Å². The smallest absolute Gasteiger partial charge is 0.306 e. The van der Waals surface area contributed by atoms with Crippen LogP contribution in [0, 0.1) is 24.7 Å². The number of nitrogens with one attached hydrogen (secondary N) is 4. The van der Waals surface area contributed by atoms with Gasteiger partial charge in [-0.2, -0.15) is 0 Å². The van der Waals surface area contributed by atoms with Gasteiger partial charge in [0.05, 0.1) is 47.1 Å². The SMILES string of the molecule is CNC(=O)C[C@@H]1NC(=O)c2csc(n2)-c2ccc(-c3nc(N(CCCCCC(=O)O)C(=O)C4CC(C(=O)O)C4)cs3)nc2-c2csc(n2)-c2csc(n2)[C@H]([C@@H](O)c2ccccc2)NC(=O)CNC(=O)c2nc(sc2COC)C(C(C)C)CC(=O)c2nc1sc2C. The number of ketones is 1. The Morgan fingerprint density at radius 3 is 2.17 bits per heavy atom. The number of Topliss-reactive ketones (excluding diaryl/α,β-unsaturated/α-hetero) is 1. The fourth-order valence-electron chi connectivity index (χ4n) is 10.3. The van der Waals surface area contributed by atoms with Crippen LogP contribution in [-0.2, 0) is 35.3 Å². The van der Waals surface area contributed by atoms with Gasteiger partial charge in [0, 0.05) is 77.3 Å². The Labute approximate surface area is 539 Å². The first-order valence-corrected chi connectivity index (χ1v) is 33.8. The summed E-state index contributed by atoms with van der Waals surface area (Å²) in [6.45, 7) is 5.34. The Balaban J connectivity index is 1.04. The molecule has 1 aliphatic carbocycles. The van der Waals surface area contributed by atoms with Gasteiger partial charge in [0.1, 0.15) is 77.2 Å². The number of amides is 5. The van der Waals surface area contributed by atoms with E-state index in [1.165, 1.54) is 75.7 Å². The summed E-state index contributed by atoms with van der Waals surface area (Å²) >= 11 is 7.20. The lowest BCUT2D eigenvalue weighted by molar-refractivity contribution is -0.148. The molecule has 0 radical (unpaired) electrons. The number of hydrogen-bond donors (Lipinski definition) is 7. The zero-order valence-corrected chi connectivity index (χ0v) is 54.1. The van der Waals surface area contributed by atoms with Crippen molar-refractivity contribution in [1.29, 1.82) is 0 Å². The first-order chi connectivity index (χ1) is 43.3. The van der Waals surface area contributed by atoms with Crippen molar-refractivity contribution in [1.82, 2.24) is 56.2 Å². The molecule has 1 aliphatic heterocycles. The van der Waals surface area contributed by atoms with Crippen molar-refractivity contribution in [2.45, 2.75) is 103 Å². The number of aliphatic hydroxyl groups is 1. The lowest BCUT2D eigenvalue weighted by atomic mass is 9.74. The largest absolute Gasteiger partial charge is 0.481 e. The minimum Gasteiger partial charge on any atom is -0.481 e. The Kier molecular flexibility index (Phi) is 20.9. The molecular formula is C60H62N12O12S6. The number of rotatable bonds is 17. The molecule has 5 amide bonds. The molecule has 2 aliphatic rings. The standard InChI is InChI=1S/C60H62N12O12S6/c1-28(2)34-20-40(73)46-29(3)89-57(70-46)36(21-43(74)61-4)64-51(79)38-25-85-53(66-38)33-15-16-35(55-68-42(27-88-55)72(17-11-7-10-14-45(76)77)59(81)31-18-32(19-31)60(82)83)63-47(33)37-24-86-56(65-37)39-26-87-58(67-39)49(50(78)30-12-8-6-9-13-30)69-44(75)22-62-52(80)48-41(23-84-5)90-54(34)71-48/h6,8-9,12-13,15-16,24-28,31-32,34,36,49-50,78H,7,10-11,14,17-23H2,1-5H3,(H,61,74)(H,62,80)(H,64,79)(H,69,75)(H,76,77)(H,82,83)/t31?,32?,34?,36-,49-,50-/m0/s1.